The van der Waals surface area contributed by atoms with Crippen LogP contribution in [0.2, 0.25) is 0 Å². The van der Waals surface area contributed by atoms with Gasteiger partial charge in [-0.2, -0.15) is 0 Å². The molecule has 0 bridgehead atoms. The summed E-state index contributed by atoms with van der Waals surface area (Å²) in [6, 6.07) is 5.86. The summed E-state index contributed by atoms with van der Waals surface area (Å²) >= 11 is 0. The largest absolute Gasteiger partial charge is 0.462 e. The zero-order valence-corrected chi connectivity index (χ0v) is 10.5. The van der Waals surface area contributed by atoms with Crippen molar-refractivity contribution in [1.82, 2.24) is 5.32 Å². The van der Waals surface area contributed by atoms with Crippen molar-refractivity contribution in [2.45, 2.75) is 26.8 Å². The van der Waals surface area contributed by atoms with Crippen LogP contribution in [0.3, 0.4) is 0 Å². The summed E-state index contributed by atoms with van der Waals surface area (Å²) in [4.78, 5) is 11.8. The molecule has 3 heteroatoms. The van der Waals surface area contributed by atoms with Crippen LogP contribution in [0.1, 0.15) is 35.3 Å². The molecule has 1 aliphatic heterocycles. The monoisotopic (exact) mass is 233 g/mol. The maximum absolute atomic E-state index is 11.8. The van der Waals surface area contributed by atoms with Gasteiger partial charge in [0.15, 0.2) is 0 Å². The minimum absolute atomic E-state index is 0.216. The van der Waals surface area contributed by atoms with Crippen molar-refractivity contribution in [1.29, 1.82) is 0 Å². The van der Waals surface area contributed by atoms with E-state index in [1.54, 1.807) is 0 Å². The molecule has 0 unspecified atom stereocenters. The molecular formula is C14H19NO2. The van der Waals surface area contributed by atoms with Crippen LogP contribution in [0.5, 0.6) is 0 Å². The van der Waals surface area contributed by atoms with Crippen molar-refractivity contribution < 1.29 is 9.53 Å². The predicted molar refractivity (Wildman–Crippen MR) is 67.0 cm³/mol. The molecule has 0 aromatic heterocycles. The molecule has 1 aromatic carbocycles. The highest BCUT2D eigenvalue weighted by atomic mass is 16.5. The van der Waals surface area contributed by atoms with E-state index in [9.17, 15) is 4.79 Å². The van der Waals surface area contributed by atoms with Gasteiger partial charge >= 0.3 is 5.97 Å². The summed E-state index contributed by atoms with van der Waals surface area (Å²) in [5, 5.41) is 3.31. The van der Waals surface area contributed by atoms with Crippen molar-refractivity contribution in [3.05, 3.63) is 34.9 Å². The van der Waals surface area contributed by atoms with Crippen LogP contribution < -0.4 is 5.32 Å². The number of hydrogen-bond donors (Lipinski definition) is 1. The number of fused-ring (bicyclic) bond motifs is 1. The van der Waals surface area contributed by atoms with Gasteiger partial charge in [-0.15, -0.1) is 0 Å². The minimum Gasteiger partial charge on any atom is -0.462 e. The van der Waals surface area contributed by atoms with Crippen LogP contribution in [0.4, 0.5) is 0 Å². The number of rotatable bonds is 3. The summed E-state index contributed by atoms with van der Waals surface area (Å²) in [5.74, 6) is 0.158. The van der Waals surface area contributed by atoms with Crippen molar-refractivity contribution in [2.24, 2.45) is 5.92 Å². The van der Waals surface area contributed by atoms with E-state index in [2.05, 4.69) is 5.32 Å². The first-order valence-corrected chi connectivity index (χ1v) is 6.16. The van der Waals surface area contributed by atoms with Gasteiger partial charge in [0.2, 0.25) is 0 Å². The van der Waals surface area contributed by atoms with Gasteiger partial charge in [-0.1, -0.05) is 19.9 Å². The summed E-state index contributed by atoms with van der Waals surface area (Å²) in [6.07, 6.45) is 1.04. The third-order valence-electron chi connectivity index (χ3n) is 2.88. The van der Waals surface area contributed by atoms with Crippen LogP contribution in [0, 0.1) is 5.92 Å². The van der Waals surface area contributed by atoms with Gasteiger partial charge in [0.25, 0.3) is 0 Å². The Labute approximate surface area is 102 Å². The molecule has 0 spiro atoms. The molecule has 92 valence electrons. The molecule has 1 aliphatic rings. The number of esters is 1. The van der Waals surface area contributed by atoms with Crippen molar-refractivity contribution in [3.8, 4) is 0 Å². The van der Waals surface area contributed by atoms with Crippen LogP contribution in [0.25, 0.3) is 0 Å². The predicted octanol–water partition coefficient (Wildman–Crippen LogP) is 2.15. The fourth-order valence-corrected chi connectivity index (χ4v) is 1.93. The van der Waals surface area contributed by atoms with E-state index in [1.165, 1.54) is 11.1 Å². The highest BCUT2D eigenvalue weighted by molar-refractivity contribution is 5.89. The maximum atomic E-state index is 11.8. The normalized spacial score (nSPS) is 14.5. The fourth-order valence-electron chi connectivity index (χ4n) is 1.93. The number of ether oxygens (including phenoxy) is 1. The van der Waals surface area contributed by atoms with Gasteiger partial charge in [-0.25, -0.2) is 4.79 Å². The number of benzene rings is 1. The first kappa shape index (κ1) is 12.1. The van der Waals surface area contributed by atoms with E-state index in [1.807, 2.05) is 32.0 Å². The van der Waals surface area contributed by atoms with Gasteiger partial charge in [-0.3, -0.25) is 0 Å². The molecule has 0 saturated heterocycles. The SMILES string of the molecule is CC(C)COC(=O)c1ccc2c(c1)CNCC2. The van der Waals surface area contributed by atoms with E-state index < -0.39 is 0 Å². The van der Waals surface area contributed by atoms with Crippen LogP contribution in [0.15, 0.2) is 18.2 Å². The minimum atomic E-state index is -0.216. The Balaban J connectivity index is 2.08. The van der Waals surface area contributed by atoms with Gasteiger partial charge in [0, 0.05) is 6.54 Å². The van der Waals surface area contributed by atoms with Gasteiger partial charge < -0.3 is 10.1 Å². The maximum Gasteiger partial charge on any atom is 0.338 e. The number of nitrogens with one attached hydrogen (secondary N) is 1. The molecule has 2 rings (SSSR count). The Morgan fingerprint density at radius 1 is 1.41 bits per heavy atom. The van der Waals surface area contributed by atoms with E-state index in [4.69, 9.17) is 4.74 Å². The first-order chi connectivity index (χ1) is 8.16. The first-order valence-electron chi connectivity index (χ1n) is 6.16. The third-order valence-corrected chi connectivity index (χ3v) is 2.88. The number of hydrogen-bond acceptors (Lipinski definition) is 3. The number of carbonyl (C=O) groups is 1. The van der Waals surface area contributed by atoms with Crippen LogP contribution in [-0.4, -0.2) is 19.1 Å². The molecular weight excluding hydrogens is 214 g/mol. The second-order valence-corrected chi connectivity index (χ2v) is 4.90. The zero-order valence-electron chi connectivity index (χ0n) is 10.5. The Bertz CT molecular complexity index is 413. The van der Waals surface area contributed by atoms with E-state index in [0.717, 1.165) is 19.5 Å². The lowest BCUT2D eigenvalue weighted by Crippen LogP contribution is -2.24. The van der Waals surface area contributed by atoms with Gasteiger partial charge in [0.05, 0.1) is 12.2 Å². The fraction of sp³-hybridized carbons (Fsp3) is 0.500. The molecule has 17 heavy (non-hydrogen) atoms. The molecule has 0 fully saturated rings. The van der Waals surface area contributed by atoms with E-state index in [0.29, 0.717) is 18.1 Å². The molecule has 0 saturated carbocycles. The lowest BCUT2D eigenvalue weighted by atomic mass is 9.99. The average Bonchev–Trinajstić information content (AvgIpc) is 2.35. The van der Waals surface area contributed by atoms with Gasteiger partial charge in [0.1, 0.15) is 0 Å². The summed E-state index contributed by atoms with van der Waals surface area (Å²) in [7, 11) is 0. The molecule has 0 aliphatic carbocycles. The Morgan fingerprint density at radius 2 is 2.24 bits per heavy atom. The van der Waals surface area contributed by atoms with Crippen LogP contribution >= 0.6 is 0 Å². The van der Waals surface area contributed by atoms with Crippen molar-refractivity contribution >= 4 is 5.97 Å². The molecule has 0 radical (unpaired) electrons. The molecule has 1 N–H and O–H groups in total. The van der Waals surface area contributed by atoms with E-state index >= 15 is 0 Å². The molecule has 1 aromatic rings. The third kappa shape index (κ3) is 3.07. The van der Waals surface area contributed by atoms with Crippen molar-refractivity contribution in [3.63, 3.8) is 0 Å². The lowest BCUT2D eigenvalue weighted by molar-refractivity contribution is 0.0459. The highest BCUT2D eigenvalue weighted by Gasteiger charge is 2.13. The molecule has 1 heterocycles. The summed E-state index contributed by atoms with van der Waals surface area (Å²) < 4.78 is 5.22. The smallest absolute Gasteiger partial charge is 0.338 e. The molecule has 0 amide bonds. The second-order valence-electron chi connectivity index (χ2n) is 4.90. The lowest BCUT2D eigenvalue weighted by Gasteiger charge is -2.17. The zero-order chi connectivity index (χ0) is 12.3. The Kier molecular flexibility index (Phi) is 3.79. The standard InChI is InChI=1S/C14H19NO2/c1-10(2)9-17-14(16)12-4-3-11-5-6-15-8-13(11)7-12/h3-4,7,10,15H,5-6,8-9H2,1-2H3. The Hall–Kier alpha value is -1.35. The summed E-state index contributed by atoms with van der Waals surface area (Å²) in [6.45, 7) is 6.41. The second kappa shape index (κ2) is 5.32. The molecule has 3 nitrogen and oxygen atoms in total. The Morgan fingerprint density at radius 3 is 3.00 bits per heavy atom. The average molecular weight is 233 g/mol. The quantitative estimate of drug-likeness (QED) is 0.813. The van der Waals surface area contributed by atoms with Crippen molar-refractivity contribution in [2.75, 3.05) is 13.2 Å². The highest BCUT2D eigenvalue weighted by Crippen LogP contribution is 2.16. The topological polar surface area (TPSA) is 38.3 Å². The van der Waals surface area contributed by atoms with Crippen LogP contribution in [-0.2, 0) is 17.7 Å². The van der Waals surface area contributed by atoms with Gasteiger partial charge in [-0.05, 0) is 42.1 Å². The molecule has 0 atom stereocenters. The van der Waals surface area contributed by atoms with E-state index in [-0.39, 0.29) is 5.97 Å². The summed E-state index contributed by atoms with van der Waals surface area (Å²) in [5.41, 5.74) is 3.22. The number of carbonyl (C=O) groups excluding carboxylic acids is 1.